The fourth-order valence-electron chi connectivity index (χ4n) is 5.52. The zero-order valence-corrected chi connectivity index (χ0v) is 40.8. The van der Waals surface area contributed by atoms with Crippen LogP contribution in [0.25, 0.3) is 0 Å². The summed E-state index contributed by atoms with van der Waals surface area (Å²) < 4.78 is 50.5. The average molecular weight is 944 g/mol. The first-order chi connectivity index (χ1) is 29.0. The highest BCUT2D eigenvalue weighted by Crippen LogP contribution is 2.32. The van der Waals surface area contributed by atoms with Crippen molar-refractivity contribution in [3.63, 3.8) is 0 Å². The number of oxazole rings is 1. The molecule has 0 aromatic carbocycles. The smallest absolute Gasteiger partial charge is 0.414 e. The Hall–Kier alpha value is -4.48. The number of thioether (sulfide) groups is 1. The Morgan fingerprint density at radius 2 is 1.44 bits per heavy atom. The van der Waals surface area contributed by atoms with E-state index in [9.17, 15) is 32.4 Å². The Morgan fingerprint density at radius 3 is 1.98 bits per heavy atom. The fraction of sp³-hybridized carbons (Fsp3) is 0.700. The highest BCUT2D eigenvalue weighted by atomic mass is 32.2. The average Bonchev–Trinajstić information content (AvgIpc) is 3.79. The van der Waals surface area contributed by atoms with E-state index >= 15 is 0 Å². The van der Waals surface area contributed by atoms with E-state index in [1.54, 1.807) is 74.7 Å². The molecule has 354 valence electrons. The van der Waals surface area contributed by atoms with Gasteiger partial charge < -0.3 is 34.6 Å². The van der Waals surface area contributed by atoms with E-state index in [2.05, 4.69) is 41.5 Å². The summed E-state index contributed by atoms with van der Waals surface area (Å²) in [6.45, 7) is 21.1. The quantitative estimate of drug-likeness (QED) is 0.0458. The molecule has 1 atom stereocenters. The molecule has 63 heavy (non-hydrogen) atoms. The minimum atomic E-state index is -3.82. The lowest BCUT2D eigenvalue weighted by molar-refractivity contribution is -0.123. The first-order valence-electron chi connectivity index (χ1n) is 20.6. The summed E-state index contributed by atoms with van der Waals surface area (Å²) in [7, 11) is -3.82. The van der Waals surface area contributed by atoms with Gasteiger partial charge in [-0.3, -0.25) is 25.2 Å². The van der Waals surface area contributed by atoms with Gasteiger partial charge in [0.15, 0.2) is 5.13 Å². The van der Waals surface area contributed by atoms with E-state index in [0.717, 1.165) is 9.97 Å². The van der Waals surface area contributed by atoms with Gasteiger partial charge in [-0.2, -0.15) is 0 Å². The summed E-state index contributed by atoms with van der Waals surface area (Å²) in [6.07, 6.45) is 1.58. The number of aliphatic imine (C=N–C) groups is 1. The van der Waals surface area contributed by atoms with Gasteiger partial charge in [-0.05, 0) is 88.0 Å². The van der Waals surface area contributed by atoms with Gasteiger partial charge in [-0.15, -0.1) is 11.8 Å². The number of carbonyl (C=O) groups excluding carboxylic acids is 5. The minimum absolute atomic E-state index is 0.0189. The monoisotopic (exact) mass is 943 g/mol. The molecule has 1 saturated heterocycles. The second-order valence-corrected chi connectivity index (χ2v) is 23.1. The number of carbonyl (C=O) groups is 5. The van der Waals surface area contributed by atoms with E-state index < -0.39 is 68.7 Å². The third kappa shape index (κ3) is 20.3. The molecule has 3 heterocycles. The maximum Gasteiger partial charge on any atom is 0.414 e. The minimum Gasteiger partial charge on any atom is -0.444 e. The van der Waals surface area contributed by atoms with Crippen LogP contribution < -0.4 is 26.6 Å². The number of thiazole rings is 1. The van der Waals surface area contributed by atoms with Crippen molar-refractivity contribution < 1.29 is 51.0 Å². The number of aromatic nitrogens is 2. The van der Waals surface area contributed by atoms with Crippen molar-refractivity contribution in [1.82, 2.24) is 35.5 Å². The van der Waals surface area contributed by atoms with Crippen LogP contribution in [0, 0.1) is 5.92 Å². The standard InChI is InChI=1S/C40H65N9O11S3/c1-37(2,3)27-22-43-28(57-27)24-61-29-23-44-33(62-29)46-30(50)25-15-19-49(20-16-25)63(55,56)21-18-41-31(51)26(45-34(52)58-38(4,5)6)14-13-17-42-32(47-35(53)59-39(7,8)9)48-36(54)60-40(10,11)12/h22-23,25-26H,13-21,24H2,1-12H3,(H,41,51)(H,45,52)(H,44,46,50)(H2,42,47,48,53,54)/t26-/m1/s1. The molecule has 23 heteroatoms. The van der Waals surface area contributed by atoms with E-state index in [4.69, 9.17) is 18.6 Å². The molecule has 0 bridgehead atoms. The van der Waals surface area contributed by atoms with Crippen LogP contribution in [-0.4, -0.2) is 114 Å². The van der Waals surface area contributed by atoms with Crippen LogP contribution in [0.15, 0.2) is 26.0 Å². The predicted octanol–water partition coefficient (Wildman–Crippen LogP) is 5.90. The van der Waals surface area contributed by atoms with Gasteiger partial charge in [0.05, 0.1) is 28.1 Å². The Balaban J connectivity index is 1.53. The van der Waals surface area contributed by atoms with Gasteiger partial charge in [0.1, 0.15) is 28.6 Å². The van der Waals surface area contributed by atoms with E-state index in [1.165, 1.54) is 27.4 Å². The summed E-state index contributed by atoms with van der Waals surface area (Å²) in [4.78, 5) is 77.0. The summed E-state index contributed by atoms with van der Waals surface area (Å²) in [5.74, 6) is -0.0754. The summed E-state index contributed by atoms with van der Waals surface area (Å²) >= 11 is 2.83. The van der Waals surface area contributed by atoms with Crippen LogP contribution >= 0.6 is 23.1 Å². The van der Waals surface area contributed by atoms with Gasteiger partial charge in [0.2, 0.25) is 33.7 Å². The molecular formula is C40H65N9O11S3. The highest BCUT2D eigenvalue weighted by molar-refractivity contribution is 8.00. The van der Waals surface area contributed by atoms with Crippen LogP contribution in [-0.2, 0) is 45.0 Å². The molecule has 0 aliphatic carbocycles. The first-order valence-corrected chi connectivity index (χ1v) is 24.0. The molecule has 1 aliphatic heterocycles. The number of hydrogen-bond donors (Lipinski definition) is 5. The Labute approximate surface area is 378 Å². The lowest BCUT2D eigenvalue weighted by Crippen LogP contribution is -2.50. The number of amides is 5. The number of nitrogens with zero attached hydrogens (tertiary/aromatic N) is 4. The topological polar surface area (TPSA) is 262 Å². The second kappa shape index (κ2) is 22.4. The number of ether oxygens (including phenoxy) is 3. The maximum absolute atomic E-state index is 13.4. The number of sulfonamides is 1. The molecule has 1 fully saturated rings. The molecule has 2 aromatic heterocycles. The van der Waals surface area contributed by atoms with E-state index in [-0.39, 0.29) is 56.3 Å². The molecule has 0 spiro atoms. The first kappa shape index (κ1) is 52.9. The van der Waals surface area contributed by atoms with Crippen LogP contribution in [0.3, 0.4) is 0 Å². The lowest BCUT2D eigenvalue weighted by Gasteiger charge is -2.30. The molecule has 0 saturated carbocycles. The number of alkyl carbamates (subject to hydrolysis) is 3. The molecule has 2 aromatic rings. The second-order valence-electron chi connectivity index (χ2n) is 18.7. The maximum atomic E-state index is 13.4. The fourth-order valence-corrected chi connectivity index (χ4v) is 8.63. The molecule has 5 N–H and O–H groups in total. The van der Waals surface area contributed by atoms with Gasteiger partial charge >= 0.3 is 18.3 Å². The van der Waals surface area contributed by atoms with Crippen molar-refractivity contribution in [2.24, 2.45) is 10.9 Å². The molecule has 3 rings (SSSR count). The van der Waals surface area contributed by atoms with Gasteiger partial charge in [0.25, 0.3) is 0 Å². The number of rotatable bonds is 15. The molecule has 5 amide bonds. The number of piperidine rings is 1. The van der Waals surface area contributed by atoms with Crippen LogP contribution in [0.5, 0.6) is 0 Å². The lowest BCUT2D eigenvalue weighted by atomic mass is 9.94. The van der Waals surface area contributed by atoms with Crippen molar-refractivity contribution in [3.8, 4) is 0 Å². The number of guanidine groups is 1. The summed E-state index contributed by atoms with van der Waals surface area (Å²) in [5.41, 5.74) is -2.69. The molecule has 20 nitrogen and oxygen atoms in total. The Morgan fingerprint density at radius 1 is 0.873 bits per heavy atom. The predicted molar refractivity (Wildman–Crippen MR) is 240 cm³/mol. The van der Waals surface area contributed by atoms with E-state index in [0.29, 0.717) is 29.6 Å². The largest absolute Gasteiger partial charge is 0.444 e. The third-order valence-corrected chi connectivity index (χ3v) is 12.4. The zero-order chi connectivity index (χ0) is 47.4. The van der Waals surface area contributed by atoms with Crippen molar-refractivity contribution in [1.29, 1.82) is 0 Å². The molecular weight excluding hydrogens is 879 g/mol. The highest BCUT2D eigenvalue weighted by Gasteiger charge is 2.32. The Kier molecular flexibility index (Phi) is 18.8. The van der Waals surface area contributed by atoms with Crippen molar-refractivity contribution in [2.75, 3.05) is 37.2 Å². The van der Waals surface area contributed by atoms with Crippen molar-refractivity contribution in [2.45, 2.75) is 147 Å². The SMILES string of the molecule is CC(C)(C)OC(=O)NC(=NCCC[C@@H](NC(=O)OC(C)(C)C)C(=O)NCCS(=O)(=O)N1CCC(C(=O)Nc2ncc(SCc3ncc(C(C)(C)C)o3)s2)CC1)NC(=O)OC(C)(C)C. The van der Waals surface area contributed by atoms with Gasteiger partial charge in [-0.1, -0.05) is 32.1 Å². The van der Waals surface area contributed by atoms with Crippen molar-refractivity contribution in [3.05, 3.63) is 24.0 Å². The van der Waals surface area contributed by atoms with Crippen molar-refractivity contribution >= 4 is 74.3 Å². The normalized spacial score (nSPS) is 14.8. The summed E-state index contributed by atoms with van der Waals surface area (Å²) in [6, 6.07) is -1.16. The molecule has 0 unspecified atom stereocenters. The third-order valence-electron chi connectivity index (χ3n) is 8.39. The number of hydrogen-bond acceptors (Lipinski definition) is 16. The van der Waals surface area contributed by atoms with Gasteiger partial charge in [0, 0.05) is 37.5 Å². The molecule has 0 radical (unpaired) electrons. The summed E-state index contributed by atoms with van der Waals surface area (Å²) in [5, 5.41) is 13.2. The number of nitrogens with one attached hydrogen (secondary N) is 5. The van der Waals surface area contributed by atoms with Crippen LogP contribution in [0.4, 0.5) is 19.5 Å². The van der Waals surface area contributed by atoms with E-state index in [1.807, 2.05) is 20.8 Å². The van der Waals surface area contributed by atoms with Crippen LogP contribution in [0.1, 0.15) is 120 Å². The number of anilines is 1. The van der Waals surface area contributed by atoms with Gasteiger partial charge in [-0.25, -0.2) is 37.1 Å². The zero-order valence-electron chi connectivity index (χ0n) is 38.4. The Bertz CT molecular complexity index is 1990. The van der Waals surface area contributed by atoms with Crippen LogP contribution in [0.2, 0.25) is 0 Å². The molecule has 1 aliphatic rings.